The summed E-state index contributed by atoms with van der Waals surface area (Å²) in [5.74, 6) is -1.41. The summed E-state index contributed by atoms with van der Waals surface area (Å²) in [5.41, 5.74) is 2.00. The summed E-state index contributed by atoms with van der Waals surface area (Å²) in [7, 11) is 0. The Bertz CT molecular complexity index is 900. The van der Waals surface area contributed by atoms with E-state index < -0.39 is 6.04 Å². The molecule has 1 aromatic rings. The monoisotopic (exact) mass is 453 g/mol. The molecule has 3 rings (SSSR count). The Morgan fingerprint density at radius 3 is 2.36 bits per heavy atom. The molecule has 1 aliphatic heterocycles. The van der Waals surface area contributed by atoms with Gasteiger partial charge in [0.15, 0.2) is 0 Å². The summed E-state index contributed by atoms with van der Waals surface area (Å²) in [5, 5.41) is 2.91. The molecular weight excluding hydrogens is 418 g/mol. The molecule has 178 valence electrons. The summed E-state index contributed by atoms with van der Waals surface area (Å²) in [6.07, 6.45) is 6.90. The number of carbonyl (C=O) groups excluding carboxylic acids is 4. The Hall–Kier alpha value is -2.96. The number of fused-ring (bicyclic) bond motifs is 1. The fraction of sp³-hybridized carbons (Fsp3) is 0.538. The van der Waals surface area contributed by atoms with E-state index in [4.69, 9.17) is 0 Å². The average Bonchev–Trinajstić information content (AvgIpc) is 3.06. The van der Waals surface area contributed by atoms with Crippen LogP contribution in [0.3, 0.4) is 0 Å². The molecular formula is C26H35N3O4. The first-order valence-electron chi connectivity index (χ1n) is 12.0. The molecule has 2 aliphatic rings. The van der Waals surface area contributed by atoms with Crippen molar-refractivity contribution in [2.24, 2.45) is 11.8 Å². The van der Waals surface area contributed by atoms with Gasteiger partial charge in [-0.15, -0.1) is 0 Å². The van der Waals surface area contributed by atoms with Crippen molar-refractivity contribution in [3.05, 3.63) is 47.5 Å². The predicted octanol–water partition coefficient (Wildman–Crippen LogP) is 2.97. The average molecular weight is 454 g/mol. The third kappa shape index (κ3) is 5.70. The molecule has 1 aliphatic carbocycles. The van der Waals surface area contributed by atoms with Crippen LogP contribution in [-0.2, 0) is 25.7 Å². The van der Waals surface area contributed by atoms with Gasteiger partial charge in [-0.3, -0.25) is 24.1 Å². The topological polar surface area (TPSA) is 86.8 Å². The number of imide groups is 1. The van der Waals surface area contributed by atoms with Gasteiger partial charge in [0.1, 0.15) is 6.04 Å². The lowest BCUT2D eigenvalue weighted by Gasteiger charge is -2.30. The molecule has 0 aromatic heterocycles. The number of hydrogen-bond acceptors (Lipinski definition) is 4. The van der Waals surface area contributed by atoms with Crippen LogP contribution in [0.2, 0.25) is 0 Å². The standard InChI is InChI=1S/C26H35N3O4/c1-4-5-15-27-24(31)19(3)29(17-20-11-7-6-10-18(20)2)23(30)14-16-28-25(32)21-12-8-9-13-22(21)26(28)33/h6-11,19,21-22H,4-5,12-17H2,1-3H3,(H,27,31)/t19-,21-,22+/m1/s1. The van der Waals surface area contributed by atoms with Crippen LogP contribution in [0.5, 0.6) is 0 Å². The Balaban J connectivity index is 1.70. The van der Waals surface area contributed by atoms with Crippen molar-refractivity contribution < 1.29 is 19.2 Å². The van der Waals surface area contributed by atoms with Crippen molar-refractivity contribution >= 4 is 23.6 Å². The van der Waals surface area contributed by atoms with Gasteiger partial charge < -0.3 is 10.2 Å². The summed E-state index contributed by atoms with van der Waals surface area (Å²) < 4.78 is 0. The van der Waals surface area contributed by atoms with Gasteiger partial charge in [0, 0.05) is 26.1 Å². The summed E-state index contributed by atoms with van der Waals surface area (Å²) >= 11 is 0. The smallest absolute Gasteiger partial charge is 0.242 e. The maximum atomic E-state index is 13.3. The first kappa shape index (κ1) is 24.7. The fourth-order valence-electron chi connectivity index (χ4n) is 4.53. The minimum atomic E-state index is -0.661. The van der Waals surface area contributed by atoms with E-state index in [9.17, 15) is 19.2 Å². The maximum absolute atomic E-state index is 13.3. The highest BCUT2D eigenvalue weighted by molar-refractivity contribution is 6.05. The maximum Gasteiger partial charge on any atom is 0.242 e. The van der Waals surface area contributed by atoms with Crippen molar-refractivity contribution in [1.29, 1.82) is 0 Å². The fourth-order valence-corrected chi connectivity index (χ4v) is 4.53. The van der Waals surface area contributed by atoms with Crippen LogP contribution in [0, 0.1) is 18.8 Å². The molecule has 0 radical (unpaired) electrons. The van der Waals surface area contributed by atoms with Crippen LogP contribution in [0.15, 0.2) is 36.4 Å². The van der Waals surface area contributed by atoms with Gasteiger partial charge in [0.2, 0.25) is 23.6 Å². The number of amides is 4. The van der Waals surface area contributed by atoms with Gasteiger partial charge in [-0.2, -0.15) is 0 Å². The van der Waals surface area contributed by atoms with Crippen LogP contribution in [-0.4, -0.2) is 52.6 Å². The quantitative estimate of drug-likeness (QED) is 0.335. The lowest BCUT2D eigenvalue weighted by molar-refractivity contribution is -0.143. The van der Waals surface area contributed by atoms with E-state index in [1.165, 1.54) is 4.90 Å². The largest absolute Gasteiger partial charge is 0.354 e. The number of unbranched alkanes of at least 4 members (excludes halogenated alkanes) is 1. The number of benzene rings is 1. The van der Waals surface area contributed by atoms with Crippen LogP contribution < -0.4 is 5.32 Å². The lowest BCUT2D eigenvalue weighted by atomic mass is 9.85. The highest BCUT2D eigenvalue weighted by atomic mass is 16.2. The van der Waals surface area contributed by atoms with Crippen molar-refractivity contribution in [3.63, 3.8) is 0 Å². The van der Waals surface area contributed by atoms with Gasteiger partial charge in [-0.05, 0) is 44.2 Å². The molecule has 1 saturated heterocycles. The zero-order chi connectivity index (χ0) is 24.0. The molecule has 1 fully saturated rings. The molecule has 1 aromatic carbocycles. The number of carbonyl (C=O) groups is 4. The highest BCUT2D eigenvalue weighted by Crippen LogP contribution is 2.35. The van der Waals surface area contributed by atoms with E-state index >= 15 is 0 Å². The summed E-state index contributed by atoms with van der Waals surface area (Å²) in [4.78, 5) is 54.3. The Labute approximate surface area is 196 Å². The molecule has 3 atom stereocenters. The second-order valence-electron chi connectivity index (χ2n) is 9.00. The second kappa shape index (κ2) is 11.3. The minimum absolute atomic E-state index is 0.00279. The van der Waals surface area contributed by atoms with Gasteiger partial charge in [0.05, 0.1) is 11.8 Å². The van der Waals surface area contributed by atoms with Crippen molar-refractivity contribution in [3.8, 4) is 0 Å². The van der Waals surface area contributed by atoms with Gasteiger partial charge in [-0.25, -0.2) is 0 Å². The van der Waals surface area contributed by atoms with E-state index in [2.05, 4.69) is 12.2 Å². The SMILES string of the molecule is CCCCNC(=O)[C@@H](C)N(Cc1ccccc1C)C(=O)CCN1C(=O)[C@H]2CC=CC[C@H]2C1=O. The molecule has 7 heteroatoms. The van der Waals surface area contributed by atoms with E-state index in [1.807, 2.05) is 43.3 Å². The lowest BCUT2D eigenvalue weighted by Crippen LogP contribution is -2.48. The van der Waals surface area contributed by atoms with Crippen LogP contribution in [0.4, 0.5) is 0 Å². The molecule has 0 unspecified atom stereocenters. The molecule has 0 spiro atoms. The first-order valence-corrected chi connectivity index (χ1v) is 12.0. The molecule has 0 bridgehead atoms. The number of aryl methyl sites for hydroxylation is 1. The number of allylic oxidation sites excluding steroid dienone is 2. The van der Waals surface area contributed by atoms with Gasteiger partial charge in [-0.1, -0.05) is 49.8 Å². The van der Waals surface area contributed by atoms with Crippen molar-refractivity contribution in [2.75, 3.05) is 13.1 Å². The molecule has 4 amide bonds. The van der Waals surface area contributed by atoms with E-state index in [-0.39, 0.29) is 48.4 Å². The third-order valence-electron chi connectivity index (χ3n) is 6.75. The van der Waals surface area contributed by atoms with Crippen molar-refractivity contribution in [2.45, 2.75) is 65.5 Å². The highest BCUT2D eigenvalue weighted by Gasteiger charge is 2.47. The second-order valence-corrected chi connectivity index (χ2v) is 9.00. The van der Waals surface area contributed by atoms with E-state index in [0.29, 0.717) is 25.9 Å². The molecule has 7 nitrogen and oxygen atoms in total. The number of likely N-dealkylation sites (tertiary alicyclic amines) is 1. The number of hydrogen-bond donors (Lipinski definition) is 1. The van der Waals surface area contributed by atoms with Crippen molar-refractivity contribution in [1.82, 2.24) is 15.1 Å². The minimum Gasteiger partial charge on any atom is -0.354 e. The summed E-state index contributed by atoms with van der Waals surface area (Å²) in [6, 6.07) is 7.11. The Morgan fingerprint density at radius 2 is 1.76 bits per heavy atom. The normalized spacial score (nSPS) is 20.5. The molecule has 0 saturated carbocycles. The van der Waals surface area contributed by atoms with E-state index in [1.54, 1.807) is 11.8 Å². The van der Waals surface area contributed by atoms with Gasteiger partial charge in [0.25, 0.3) is 0 Å². The van der Waals surface area contributed by atoms with Crippen LogP contribution in [0.25, 0.3) is 0 Å². The zero-order valence-electron chi connectivity index (χ0n) is 19.9. The zero-order valence-corrected chi connectivity index (χ0v) is 19.9. The molecule has 1 N–H and O–H groups in total. The predicted molar refractivity (Wildman–Crippen MR) is 126 cm³/mol. The van der Waals surface area contributed by atoms with Gasteiger partial charge >= 0.3 is 0 Å². The number of rotatable bonds is 10. The Morgan fingerprint density at radius 1 is 1.12 bits per heavy atom. The molecule has 1 heterocycles. The molecule has 33 heavy (non-hydrogen) atoms. The first-order chi connectivity index (χ1) is 15.8. The number of nitrogens with one attached hydrogen (secondary N) is 1. The van der Waals surface area contributed by atoms with Crippen LogP contribution in [0.1, 0.15) is 57.1 Å². The summed E-state index contributed by atoms with van der Waals surface area (Å²) in [6.45, 7) is 6.67. The Kier molecular flexibility index (Phi) is 8.42. The number of nitrogens with zero attached hydrogens (tertiary/aromatic N) is 2. The van der Waals surface area contributed by atoms with Crippen LogP contribution >= 0.6 is 0 Å². The third-order valence-corrected chi connectivity index (χ3v) is 6.75. The van der Waals surface area contributed by atoms with E-state index in [0.717, 1.165) is 24.0 Å².